The summed E-state index contributed by atoms with van der Waals surface area (Å²) in [4.78, 5) is 1.21. The molecule has 15 heavy (non-hydrogen) atoms. The minimum atomic E-state index is 0.577. The summed E-state index contributed by atoms with van der Waals surface area (Å²) in [5.41, 5.74) is 6.55. The van der Waals surface area contributed by atoms with Crippen LogP contribution in [0.4, 0.5) is 5.69 Å². The molecule has 0 aliphatic heterocycles. The SMILES string of the molecule is CCCOc1cc(SC(C)C)ccc1N. The fraction of sp³-hybridized carbons (Fsp3) is 0.500. The van der Waals surface area contributed by atoms with E-state index in [9.17, 15) is 0 Å². The number of ether oxygens (including phenoxy) is 1. The third kappa shape index (κ3) is 4.04. The van der Waals surface area contributed by atoms with Gasteiger partial charge in [0.15, 0.2) is 0 Å². The van der Waals surface area contributed by atoms with Crippen LogP contribution in [0.25, 0.3) is 0 Å². The summed E-state index contributed by atoms with van der Waals surface area (Å²) in [5, 5.41) is 0.577. The molecule has 84 valence electrons. The van der Waals surface area contributed by atoms with Gasteiger partial charge in [-0.25, -0.2) is 0 Å². The van der Waals surface area contributed by atoms with Crippen LogP contribution < -0.4 is 10.5 Å². The van der Waals surface area contributed by atoms with Crippen molar-refractivity contribution in [2.45, 2.75) is 37.3 Å². The molecule has 0 amide bonds. The van der Waals surface area contributed by atoms with Crippen LogP contribution in [0.1, 0.15) is 27.2 Å². The number of hydrogen-bond acceptors (Lipinski definition) is 3. The maximum absolute atomic E-state index is 5.83. The molecular weight excluding hydrogens is 206 g/mol. The highest BCUT2D eigenvalue weighted by atomic mass is 32.2. The Morgan fingerprint density at radius 1 is 1.40 bits per heavy atom. The molecule has 0 atom stereocenters. The Morgan fingerprint density at radius 3 is 2.73 bits per heavy atom. The average Bonchev–Trinajstić information content (AvgIpc) is 2.18. The molecule has 0 heterocycles. The van der Waals surface area contributed by atoms with Gasteiger partial charge >= 0.3 is 0 Å². The molecule has 0 aromatic heterocycles. The lowest BCUT2D eigenvalue weighted by molar-refractivity contribution is 0.318. The fourth-order valence-corrected chi connectivity index (χ4v) is 2.06. The predicted octanol–water partition coefficient (Wildman–Crippen LogP) is 3.56. The Morgan fingerprint density at radius 2 is 2.13 bits per heavy atom. The normalized spacial score (nSPS) is 10.7. The van der Waals surface area contributed by atoms with E-state index in [4.69, 9.17) is 10.5 Å². The first-order chi connectivity index (χ1) is 7.13. The van der Waals surface area contributed by atoms with Crippen molar-refractivity contribution in [1.29, 1.82) is 0 Å². The topological polar surface area (TPSA) is 35.2 Å². The van der Waals surface area contributed by atoms with Crippen LogP contribution in [0, 0.1) is 0 Å². The predicted molar refractivity (Wildman–Crippen MR) is 67.6 cm³/mol. The number of nitrogen functional groups attached to an aromatic ring is 1. The van der Waals surface area contributed by atoms with E-state index >= 15 is 0 Å². The molecule has 0 spiro atoms. The minimum absolute atomic E-state index is 0.577. The Labute approximate surface area is 96.2 Å². The van der Waals surface area contributed by atoms with E-state index in [2.05, 4.69) is 20.8 Å². The Hall–Kier alpha value is -0.830. The van der Waals surface area contributed by atoms with E-state index in [1.165, 1.54) is 4.90 Å². The third-order valence-electron chi connectivity index (χ3n) is 1.82. The van der Waals surface area contributed by atoms with Crippen LogP contribution >= 0.6 is 11.8 Å². The summed E-state index contributed by atoms with van der Waals surface area (Å²) in [6.45, 7) is 7.16. The molecule has 0 unspecified atom stereocenters. The van der Waals surface area contributed by atoms with Gasteiger partial charge < -0.3 is 10.5 Å². The summed E-state index contributed by atoms with van der Waals surface area (Å²) in [5.74, 6) is 0.808. The van der Waals surface area contributed by atoms with Gasteiger partial charge in [-0.3, -0.25) is 0 Å². The molecule has 1 aromatic carbocycles. The maximum atomic E-state index is 5.83. The third-order valence-corrected chi connectivity index (χ3v) is 2.82. The second kappa shape index (κ2) is 5.91. The Bertz CT molecular complexity index is 312. The highest BCUT2D eigenvalue weighted by Crippen LogP contribution is 2.30. The van der Waals surface area contributed by atoms with Gasteiger partial charge in [-0.15, -0.1) is 11.8 Å². The number of hydrogen-bond donors (Lipinski definition) is 1. The smallest absolute Gasteiger partial charge is 0.143 e. The van der Waals surface area contributed by atoms with Crippen molar-refractivity contribution in [3.8, 4) is 5.75 Å². The molecule has 0 radical (unpaired) electrons. The molecule has 0 aliphatic carbocycles. The van der Waals surface area contributed by atoms with Crippen molar-refractivity contribution in [2.24, 2.45) is 0 Å². The van der Waals surface area contributed by atoms with Gasteiger partial charge in [-0.1, -0.05) is 20.8 Å². The number of benzene rings is 1. The van der Waals surface area contributed by atoms with Gasteiger partial charge in [-0.05, 0) is 24.6 Å². The van der Waals surface area contributed by atoms with Crippen LogP contribution in [0.5, 0.6) is 5.75 Å². The summed E-state index contributed by atoms with van der Waals surface area (Å²) in [6, 6.07) is 5.98. The monoisotopic (exact) mass is 225 g/mol. The molecular formula is C12H19NOS. The van der Waals surface area contributed by atoms with Gasteiger partial charge in [-0.2, -0.15) is 0 Å². The highest BCUT2D eigenvalue weighted by molar-refractivity contribution is 7.99. The zero-order chi connectivity index (χ0) is 11.3. The van der Waals surface area contributed by atoms with Crippen molar-refractivity contribution < 1.29 is 4.74 Å². The quantitative estimate of drug-likeness (QED) is 0.614. The molecule has 0 fully saturated rings. The van der Waals surface area contributed by atoms with Gasteiger partial charge in [0.25, 0.3) is 0 Å². The summed E-state index contributed by atoms with van der Waals surface area (Å²) >= 11 is 1.82. The number of thioether (sulfide) groups is 1. The van der Waals surface area contributed by atoms with E-state index in [1.807, 2.05) is 30.0 Å². The van der Waals surface area contributed by atoms with Gasteiger partial charge in [0.2, 0.25) is 0 Å². The summed E-state index contributed by atoms with van der Waals surface area (Å²) in [6.07, 6.45) is 1.00. The van der Waals surface area contributed by atoms with Crippen LogP contribution in [-0.2, 0) is 0 Å². The standard InChI is InChI=1S/C12H19NOS/c1-4-7-14-12-8-10(15-9(2)3)5-6-11(12)13/h5-6,8-9H,4,7,13H2,1-3H3. The molecule has 3 heteroatoms. The molecule has 1 rings (SSSR count). The summed E-state index contributed by atoms with van der Waals surface area (Å²) in [7, 11) is 0. The number of rotatable bonds is 5. The molecule has 1 aromatic rings. The second-order valence-electron chi connectivity index (χ2n) is 3.71. The minimum Gasteiger partial charge on any atom is -0.491 e. The van der Waals surface area contributed by atoms with Crippen molar-refractivity contribution in [3.05, 3.63) is 18.2 Å². The van der Waals surface area contributed by atoms with Gasteiger partial charge in [0.1, 0.15) is 5.75 Å². The highest BCUT2D eigenvalue weighted by Gasteiger charge is 2.04. The number of nitrogens with two attached hydrogens (primary N) is 1. The Balaban J connectivity index is 2.75. The van der Waals surface area contributed by atoms with Crippen LogP contribution in [0.3, 0.4) is 0 Å². The fourth-order valence-electron chi connectivity index (χ4n) is 1.20. The lowest BCUT2D eigenvalue weighted by Gasteiger charge is -2.10. The molecule has 0 saturated carbocycles. The van der Waals surface area contributed by atoms with E-state index in [1.54, 1.807) is 0 Å². The maximum Gasteiger partial charge on any atom is 0.143 e. The molecule has 0 bridgehead atoms. The zero-order valence-corrected chi connectivity index (χ0v) is 10.4. The molecule has 2 N–H and O–H groups in total. The molecule has 0 saturated heterocycles. The second-order valence-corrected chi connectivity index (χ2v) is 5.36. The Kier molecular flexibility index (Phi) is 4.82. The lowest BCUT2D eigenvalue weighted by Crippen LogP contribution is -1.99. The van der Waals surface area contributed by atoms with Crippen molar-refractivity contribution in [1.82, 2.24) is 0 Å². The van der Waals surface area contributed by atoms with Crippen LogP contribution in [-0.4, -0.2) is 11.9 Å². The van der Waals surface area contributed by atoms with Gasteiger partial charge in [0, 0.05) is 10.1 Å². The van der Waals surface area contributed by atoms with Gasteiger partial charge in [0.05, 0.1) is 12.3 Å². The van der Waals surface area contributed by atoms with Crippen LogP contribution in [0.2, 0.25) is 0 Å². The first-order valence-corrected chi connectivity index (χ1v) is 6.20. The largest absolute Gasteiger partial charge is 0.491 e. The average molecular weight is 225 g/mol. The van der Waals surface area contributed by atoms with E-state index in [0.29, 0.717) is 5.25 Å². The first kappa shape index (κ1) is 12.2. The van der Waals surface area contributed by atoms with E-state index < -0.39 is 0 Å². The van der Waals surface area contributed by atoms with Crippen molar-refractivity contribution >= 4 is 17.4 Å². The zero-order valence-electron chi connectivity index (χ0n) is 9.62. The van der Waals surface area contributed by atoms with E-state index in [-0.39, 0.29) is 0 Å². The van der Waals surface area contributed by atoms with Crippen LogP contribution in [0.15, 0.2) is 23.1 Å². The lowest BCUT2D eigenvalue weighted by atomic mass is 10.3. The van der Waals surface area contributed by atoms with Crippen molar-refractivity contribution in [2.75, 3.05) is 12.3 Å². The van der Waals surface area contributed by atoms with E-state index in [0.717, 1.165) is 24.5 Å². The van der Waals surface area contributed by atoms with Crippen molar-refractivity contribution in [3.63, 3.8) is 0 Å². The summed E-state index contributed by atoms with van der Waals surface area (Å²) < 4.78 is 5.57. The molecule has 2 nitrogen and oxygen atoms in total. The number of anilines is 1. The first-order valence-electron chi connectivity index (χ1n) is 5.32. The molecule has 0 aliphatic rings.